The van der Waals surface area contributed by atoms with E-state index in [1.54, 1.807) is 6.08 Å². The topological polar surface area (TPSA) is 124 Å². The number of aliphatic hydroxyl groups excluding tert-OH is 2. The molecule has 0 bridgehead atoms. The summed E-state index contributed by atoms with van der Waals surface area (Å²) >= 11 is 0. The van der Waals surface area contributed by atoms with E-state index in [1.165, 1.54) is 122 Å². The molecule has 1 amide bonds. The highest BCUT2D eigenvalue weighted by Crippen LogP contribution is 2.14. The molecule has 0 fully saturated rings. The van der Waals surface area contributed by atoms with Crippen LogP contribution in [0, 0.1) is 0 Å². The van der Waals surface area contributed by atoms with Crippen LogP contribution in [-0.2, 0) is 14.9 Å². The van der Waals surface area contributed by atoms with Crippen molar-refractivity contribution < 1.29 is 28.0 Å². The second-order valence-corrected chi connectivity index (χ2v) is 16.6. The third-order valence-electron chi connectivity index (χ3n) is 9.78. The van der Waals surface area contributed by atoms with E-state index in [4.69, 9.17) is 0 Å². The number of amides is 1. The van der Waals surface area contributed by atoms with Crippen molar-refractivity contribution in [3.63, 3.8) is 0 Å². The van der Waals surface area contributed by atoms with E-state index in [1.807, 2.05) is 0 Å². The average Bonchev–Trinajstić information content (AvgIpc) is 3.14. The van der Waals surface area contributed by atoms with Crippen LogP contribution in [0.2, 0.25) is 0 Å². The molecule has 0 heterocycles. The standard InChI is InChI=1S/C46H83NO6S/c1-3-5-7-9-11-13-15-17-19-21-23-25-26-28-30-32-34-36-38-40-44(48)43(42-54(51,52)53)47-46(50)45(49)41-39-37-35-33-31-29-27-24-22-20-18-16-14-12-10-8-6-4-2/h12,14,16,18,23,25,30,32,38,40,43-45,48-49H,3-11,13,15,17,19-22,24,26-29,31,33-37,39,41-42H2,1-2H3,(H,47,50)(H,51,52,53)/b14-12-,18-16-,25-23+,32-30+,40-38+. The highest BCUT2D eigenvalue weighted by Gasteiger charge is 2.27. The summed E-state index contributed by atoms with van der Waals surface area (Å²) in [4.78, 5) is 12.6. The molecule has 0 spiro atoms. The summed E-state index contributed by atoms with van der Waals surface area (Å²) in [6.07, 6.45) is 51.3. The maximum absolute atomic E-state index is 12.6. The summed E-state index contributed by atoms with van der Waals surface area (Å²) in [5.74, 6) is -1.57. The quantitative estimate of drug-likeness (QED) is 0.0213. The van der Waals surface area contributed by atoms with E-state index < -0.39 is 40.0 Å². The van der Waals surface area contributed by atoms with Gasteiger partial charge in [-0.25, -0.2) is 0 Å². The molecular formula is C46H83NO6S. The minimum absolute atomic E-state index is 0.263. The number of carbonyl (C=O) groups is 1. The van der Waals surface area contributed by atoms with Crippen LogP contribution in [0.5, 0.6) is 0 Å². The van der Waals surface area contributed by atoms with Gasteiger partial charge in [0.05, 0.1) is 17.9 Å². The van der Waals surface area contributed by atoms with Gasteiger partial charge in [0.1, 0.15) is 6.10 Å². The van der Waals surface area contributed by atoms with Crippen LogP contribution in [-0.4, -0.2) is 53.1 Å². The van der Waals surface area contributed by atoms with Crippen molar-refractivity contribution >= 4 is 16.0 Å². The van der Waals surface area contributed by atoms with Crippen molar-refractivity contribution in [2.24, 2.45) is 0 Å². The Kier molecular flexibility index (Phi) is 37.8. The molecule has 7 nitrogen and oxygen atoms in total. The lowest BCUT2D eigenvalue weighted by molar-refractivity contribution is -0.130. The van der Waals surface area contributed by atoms with E-state index >= 15 is 0 Å². The van der Waals surface area contributed by atoms with Crippen LogP contribution in [0.4, 0.5) is 0 Å². The lowest BCUT2D eigenvalue weighted by atomic mass is 10.0. The number of allylic oxidation sites excluding steroid dienone is 9. The van der Waals surface area contributed by atoms with Gasteiger partial charge in [-0.15, -0.1) is 0 Å². The summed E-state index contributed by atoms with van der Waals surface area (Å²) in [6, 6.07) is -1.26. The van der Waals surface area contributed by atoms with E-state index in [0.717, 1.165) is 51.4 Å². The number of hydrogen-bond donors (Lipinski definition) is 4. The molecule has 0 rings (SSSR count). The zero-order valence-corrected chi connectivity index (χ0v) is 35.5. The lowest BCUT2D eigenvalue weighted by Crippen LogP contribution is -2.50. The SMILES string of the molecule is CCCCC/C=C\C=C/CCCCCCCCCCCC(O)C(=O)NC(CS(=O)(=O)O)C(O)/C=C/CC/C=C/CC/C=C/CCCCCCCCCCC. The number of aliphatic hydroxyl groups is 2. The van der Waals surface area contributed by atoms with Crippen LogP contribution < -0.4 is 5.32 Å². The summed E-state index contributed by atoms with van der Waals surface area (Å²) in [6.45, 7) is 4.49. The van der Waals surface area contributed by atoms with Crippen LogP contribution in [0.1, 0.15) is 200 Å². The molecule has 0 aromatic rings. The summed E-state index contributed by atoms with van der Waals surface area (Å²) < 4.78 is 32.6. The third kappa shape index (κ3) is 38.3. The van der Waals surface area contributed by atoms with E-state index in [2.05, 4.69) is 67.8 Å². The molecule has 8 heteroatoms. The fraction of sp³-hybridized carbons (Fsp3) is 0.761. The number of carbonyl (C=O) groups excluding carboxylic acids is 1. The van der Waals surface area contributed by atoms with Crippen LogP contribution >= 0.6 is 0 Å². The zero-order valence-electron chi connectivity index (χ0n) is 34.7. The van der Waals surface area contributed by atoms with Crippen molar-refractivity contribution in [1.29, 1.82) is 0 Å². The predicted octanol–water partition coefficient (Wildman–Crippen LogP) is 12.2. The Labute approximate surface area is 333 Å². The third-order valence-corrected chi connectivity index (χ3v) is 10.6. The summed E-state index contributed by atoms with van der Waals surface area (Å²) in [7, 11) is -4.46. The van der Waals surface area contributed by atoms with Gasteiger partial charge in [-0.1, -0.05) is 190 Å². The Balaban J connectivity index is 4.09. The monoisotopic (exact) mass is 778 g/mol. The fourth-order valence-electron chi connectivity index (χ4n) is 6.36. The molecule has 0 aliphatic heterocycles. The molecule has 4 N–H and O–H groups in total. The van der Waals surface area contributed by atoms with Gasteiger partial charge in [-0.2, -0.15) is 8.42 Å². The smallest absolute Gasteiger partial charge is 0.267 e. The number of rotatable bonds is 39. The second kappa shape index (κ2) is 39.2. The molecule has 0 aromatic carbocycles. The second-order valence-electron chi connectivity index (χ2n) is 15.1. The Morgan fingerprint density at radius 3 is 1.37 bits per heavy atom. The first-order valence-corrected chi connectivity index (χ1v) is 23.7. The predicted molar refractivity (Wildman–Crippen MR) is 231 cm³/mol. The number of hydrogen-bond acceptors (Lipinski definition) is 5. The highest BCUT2D eigenvalue weighted by atomic mass is 32.2. The van der Waals surface area contributed by atoms with Gasteiger partial charge >= 0.3 is 0 Å². The Morgan fingerprint density at radius 2 is 0.889 bits per heavy atom. The highest BCUT2D eigenvalue weighted by molar-refractivity contribution is 7.85. The molecule has 0 aliphatic carbocycles. The van der Waals surface area contributed by atoms with Gasteiger partial charge in [0.2, 0.25) is 5.91 Å². The largest absolute Gasteiger partial charge is 0.387 e. The van der Waals surface area contributed by atoms with E-state index in [-0.39, 0.29) is 6.42 Å². The molecule has 0 radical (unpaired) electrons. The molecule has 3 atom stereocenters. The normalized spacial score (nSPS) is 14.4. The first-order chi connectivity index (χ1) is 26.2. The number of unbranched alkanes of at least 4 members (excludes halogenated alkanes) is 23. The van der Waals surface area contributed by atoms with E-state index in [9.17, 15) is 28.0 Å². The zero-order chi connectivity index (χ0) is 39.8. The molecule has 314 valence electrons. The maximum atomic E-state index is 12.6. The van der Waals surface area contributed by atoms with Crippen molar-refractivity contribution in [3.05, 3.63) is 60.8 Å². The minimum atomic E-state index is -4.46. The molecule has 3 unspecified atom stereocenters. The van der Waals surface area contributed by atoms with Crippen molar-refractivity contribution in [2.75, 3.05) is 5.75 Å². The molecule has 54 heavy (non-hydrogen) atoms. The van der Waals surface area contributed by atoms with Crippen LogP contribution in [0.25, 0.3) is 0 Å². The Hall–Kier alpha value is -2.00. The van der Waals surface area contributed by atoms with Crippen LogP contribution in [0.3, 0.4) is 0 Å². The van der Waals surface area contributed by atoms with Crippen molar-refractivity contribution in [2.45, 2.75) is 218 Å². The molecule has 0 saturated heterocycles. The minimum Gasteiger partial charge on any atom is -0.387 e. The summed E-state index contributed by atoms with van der Waals surface area (Å²) in [5.41, 5.74) is 0. The average molecular weight is 778 g/mol. The maximum Gasteiger partial charge on any atom is 0.267 e. The van der Waals surface area contributed by atoms with Crippen molar-refractivity contribution in [1.82, 2.24) is 5.32 Å². The van der Waals surface area contributed by atoms with Gasteiger partial charge in [-0.3, -0.25) is 9.35 Å². The molecule has 0 saturated carbocycles. The van der Waals surface area contributed by atoms with E-state index in [0.29, 0.717) is 12.8 Å². The lowest BCUT2D eigenvalue weighted by Gasteiger charge is -2.22. The Morgan fingerprint density at radius 1 is 0.519 bits per heavy atom. The Bertz CT molecular complexity index is 1100. The van der Waals surface area contributed by atoms with Gasteiger partial charge in [0.15, 0.2) is 0 Å². The first-order valence-electron chi connectivity index (χ1n) is 22.1. The van der Waals surface area contributed by atoms with Gasteiger partial charge < -0.3 is 15.5 Å². The molecular weight excluding hydrogens is 695 g/mol. The van der Waals surface area contributed by atoms with Crippen molar-refractivity contribution in [3.8, 4) is 0 Å². The molecule has 0 aromatic heterocycles. The van der Waals surface area contributed by atoms with Gasteiger partial charge in [-0.05, 0) is 70.6 Å². The van der Waals surface area contributed by atoms with Gasteiger partial charge in [0, 0.05) is 0 Å². The van der Waals surface area contributed by atoms with Gasteiger partial charge in [0.25, 0.3) is 10.1 Å². The first kappa shape index (κ1) is 52.0. The fourth-order valence-corrected chi connectivity index (χ4v) is 7.09. The number of nitrogens with one attached hydrogen (secondary N) is 1. The molecule has 0 aliphatic rings. The van der Waals surface area contributed by atoms with Crippen LogP contribution in [0.15, 0.2) is 60.8 Å². The summed E-state index contributed by atoms with van der Waals surface area (Å²) in [5, 5.41) is 23.4.